The van der Waals surface area contributed by atoms with Crippen molar-refractivity contribution >= 4 is 17.3 Å². The summed E-state index contributed by atoms with van der Waals surface area (Å²) in [7, 11) is 0. The van der Waals surface area contributed by atoms with Crippen molar-refractivity contribution < 1.29 is 0 Å². The Morgan fingerprint density at radius 1 is 1.35 bits per heavy atom. The van der Waals surface area contributed by atoms with Crippen LogP contribution < -0.4 is 10.9 Å². The van der Waals surface area contributed by atoms with Crippen molar-refractivity contribution in [3.8, 4) is 0 Å². The van der Waals surface area contributed by atoms with Crippen molar-refractivity contribution in [2.75, 3.05) is 5.32 Å². The molecule has 1 N–H and O–H groups in total. The highest BCUT2D eigenvalue weighted by Gasteiger charge is 2.18. The predicted molar refractivity (Wildman–Crippen MR) is 83.6 cm³/mol. The van der Waals surface area contributed by atoms with Crippen LogP contribution in [0, 0.1) is 5.92 Å². The largest absolute Gasteiger partial charge is 0.380 e. The zero-order chi connectivity index (χ0) is 14.7. The second-order valence-electron chi connectivity index (χ2n) is 6.17. The van der Waals surface area contributed by atoms with E-state index in [1.165, 1.54) is 23.9 Å². The minimum Gasteiger partial charge on any atom is -0.380 e. The van der Waals surface area contributed by atoms with Crippen molar-refractivity contribution in [3.05, 3.63) is 21.6 Å². The minimum absolute atomic E-state index is 0.0211. The second kappa shape index (κ2) is 6.61. The molecule has 1 aromatic heterocycles. The highest BCUT2D eigenvalue weighted by atomic mass is 35.5. The molecular formula is C15H24ClN3O. The van der Waals surface area contributed by atoms with Gasteiger partial charge >= 0.3 is 0 Å². The van der Waals surface area contributed by atoms with Gasteiger partial charge in [0, 0.05) is 6.04 Å². The van der Waals surface area contributed by atoms with Crippen LogP contribution in [0.5, 0.6) is 0 Å². The van der Waals surface area contributed by atoms with Gasteiger partial charge in [-0.25, -0.2) is 4.68 Å². The maximum atomic E-state index is 12.1. The van der Waals surface area contributed by atoms with Crippen LogP contribution in [-0.2, 0) is 0 Å². The molecule has 1 aromatic rings. The lowest BCUT2D eigenvalue weighted by atomic mass is 10.0. The molecule has 2 rings (SSSR count). The summed E-state index contributed by atoms with van der Waals surface area (Å²) in [6.45, 7) is 6.15. The first-order chi connectivity index (χ1) is 9.49. The van der Waals surface area contributed by atoms with Gasteiger partial charge in [-0.15, -0.1) is 0 Å². The lowest BCUT2D eigenvalue weighted by Crippen LogP contribution is -2.27. The maximum Gasteiger partial charge on any atom is 0.287 e. The van der Waals surface area contributed by atoms with E-state index < -0.39 is 0 Å². The van der Waals surface area contributed by atoms with Crippen LogP contribution in [0.3, 0.4) is 0 Å². The monoisotopic (exact) mass is 297 g/mol. The highest BCUT2D eigenvalue weighted by Crippen LogP contribution is 2.26. The van der Waals surface area contributed by atoms with Crippen molar-refractivity contribution in [3.63, 3.8) is 0 Å². The zero-order valence-corrected chi connectivity index (χ0v) is 13.3. The molecule has 0 spiro atoms. The molecule has 4 nitrogen and oxygen atoms in total. The molecule has 112 valence electrons. The summed E-state index contributed by atoms with van der Waals surface area (Å²) >= 11 is 6.20. The fourth-order valence-electron chi connectivity index (χ4n) is 2.76. The van der Waals surface area contributed by atoms with Gasteiger partial charge in [-0.2, -0.15) is 5.10 Å². The molecular weight excluding hydrogens is 274 g/mol. The molecule has 20 heavy (non-hydrogen) atoms. The van der Waals surface area contributed by atoms with Crippen molar-refractivity contribution in [2.24, 2.45) is 5.92 Å². The SMILES string of the molecule is CC1CCCC(Nc2cnn(C(C)C)c(=O)c2Cl)CC1. The van der Waals surface area contributed by atoms with E-state index in [1.807, 2.05) is 13.8 Å². The molecule has 0 amide bonds. The van der Waals surface area contributed by atoms with E-state index in [-0.39, 0.29) is 16.6 Å². The van der Waals surface area contributed by atoms with E-state index in [4.69, 9.17) is 11.6 Å². The van der Waals surface area contributed by atoms with Crippen LogP contribution in [0.2, 0.25) is 5.02 Å². The van der Waals surface area contributed by atoms with Crippen LogP contribution in [0.25, 0.3) is 0 Å². The average Bonchev–Trinajstić information content (AvgIpc) is 2.60. The highest BCUT2D eigenvalue weighted by molar-refractivity contribution is 6.32. The Morgan fingerprint density at radius 2 is 2.10 bits per heavy atom. The van der Waals surface area contributed by atoms with E-state index in [0.29, 0.717) is 11.7 Å². The zero-order valence-electron chi connectivity index (χ0n) is 12.5. The normalized spacial score (nSPS) is 23.6. The van der Waals surface area contributed by atoms with Gasteiger partial charge < -0.3 is 5.32 Å². The van der Waals surface area contributed by atoms with Crippen LogP contribution in [0.15, 0.2) is 11.0 Å². The third-order valence-electron chi connectivity index (χ3n) is 4.05. The lowest BCUT2D eigenvalue weighted by molar-refractivity contribution is 0.499. The summed E-state index contributed by atoms with van der Waals surface area (Å²) < 4.78 is 1.42. The number of hydrogen-bond acceptors (Lipinski definition) is 3. The molecule has 1 heterocycles. The molecule has 2 unspecified atom stereocenters. The van der Waals surface area contributed by atoms with Gasteiger partial charge in [0.25, 0.3) is 5.56 Å². The fraction of sp³-hybridized carbons (Fsp3) is 0.733. The van der Waals surface area contributed by atoms with Crippen molar-refractivity contribution in [1.29, 1.82) is 0 Å². The Balaban J connectivity index is 2.14. The fourth-order valence-corrected chi connectivity index (χ4v) is 2.95. The van der Waals surface area contributed by atoms with Gasteiger partial charge in [0.1, 0.15) is 5.02 Å². The Bertz CT molecular complexity index is 512. The number of anilines is 1. The average molecular weight is 298 g/mol. The molecule has 1 aliphatic carbocycles. The maximum absolute atomic E-state index is 12.1. The minimum atomic E-state index is -0.214. The molecule has 0 aromatic carbocycles. The number of aromatic nitrogens is 2. The third kappa shape index (κ3) is 3.54. The summed E-state index contributed by atoms with van der Waals surface area (Å²) in [5.74, 6) is 0.796. The summed E-state index contributed by atoms with van der Waals surface area (Å²) in [6, 6.07) is 0.418. The predicted octanol–water partition coefficient (Wildman–Crippen LogP) is 3.86. The summed E-state index contributed by atoms with van der Waals surface area (Å²) in [6.07, 6.45) is 7.69. The summed E-state index contributed by atoms with van der Waals surface area (Å²) in [4.78, 5) is 12.1. The molecule has 0 saturated heterocycles. The smallest absolute Gasteiger partial charge is 0.287 e. The lowest BCUT2D eigenvalue weighted by Gasteiger charge is -2.19. The number of nitrogens with one attached hydrogen (secondary N) is 1. The number of rotatable bonds is 3. The van der Waals surface area contributed by atoms with Gasteiger partial charge in [-0.1, -0.05) is 31.4 Å². The Kier molecular flexibility index (Phi) is 5.08. The summed E-state index contributed by atoms with van der Waals surface area (Å²) in [5, 5.41) is 7.86. The molecule has 1 saturated carbocycles. The molecule has 0 aliphatic heterocycles. The van der Waals surface area contributed by atoms with Crippen molar-refractivity contribution in [1.82, 2.24) is 9.78 Å². The number of nitrogens with zero attached hydrogens (tertiary/aromatic N) is 2. The molecule has 5 heteroatoms. The number of halogens is 1. The van der Waals surface area contributed by atoms with Crippen molar-refractivity contribution in [2.45, 2.75) is 65.0 Å². The molecule has 0 bridgehead atoms. The molecule has 1 aliphatic rings. The Morgan fingerprint density at radius 3 is 2.80 bits per heavy atom. The Hall–Kier alpha value is -1.03. The third-order valence-corrected chi connectivity index (χ3v) is 4.42. The van der Waals surface area contributed by atoms with Gasteiger partial charge in [0.05, 0.1) is 17.9 Å². The first-order valence-corrected chi connectivity index (χ1v) is 7.90. The van der Waals surface area contributed by atoms with Gasteiger partial charge in [-0.3, -0.25) is 4.79 Å². The molecule has 0 radical (unpaired) electrons. The van der Waals surface area contributed by atoms with Gasteiger partial charge in [0.15, 0.2) is 0 Å². The second-order valence-corrected chi connectivity index (χ2v) is 6.55. The first kappa shape index (κ1) is 15.4. The molecule has 2 atom stereocenters. The van der Waals surface area contributed by atoms with E-state index in [0.717, 1.165) is 18.8 Å². The van der Waals surface area contributed by atoms with Gasteiger partial charge in [-0.05, 0) is 39.0 Å². The number of hydrogen-bond donors (Lipinski definition) is 1. The van der Waals surface area contributed by atoms with E-state index in [2.05, 4.69) is 17.3 Å². The van der Waals surface area contributed by atoms with Crippen LogP contribution >= 0.6 is 11.6 Å². The first-order valence-electron chi connectivity index (χ1n) is 7.53. The van der Waals surface area contributed by atoms with Crippen LogP contribution in [0.4, 0.5) is 5.69 Å². The standard InChI is InChI=1S/C15H24ClN3O/c1-10(2)19-15(20)14(16)13(9-17-19)18-12-6-4-5-11(3)7-8-12/h9-12,18H,4-8H2,1-3H3. The van der Waals surface area contributed by atoms with Crippen LogP contribution in [0.1, 0.15) is 58.9 Å². The van der Waals surface area contributed by atoms with Crippen LogP contribution in [-0.4, -0.2) is 15.8 Å². The van der Waals surface area contributed by atoms with Gasteiger partial charge in [0.2, 0.25) is 0 Å². The quantitative estimate of drug-likeness (QED) is 0.862. The van der Waals surface area contributed by atoms with E-state index in [9.17, 15) is 4.79 Å². The van der Waals surface area contributed by atoms with E-state index in [1.54, 1.807) is 6.20 Å². The topological polar surface area (TPSA) is 46.9 Å². The molecule has 1 fully saturated rings. The van der Waals surface area contributed by atoms with E-state index >= 15 is 0 Å². The Labute approximate surface area is 125 Å². The summed E-state index contributed by atoms with van der Waals surface area (Å²) in [5.41, 5.74) is 0.460.